The molecule has 106 valence electrons. The van der Waals surface area contributed by atoms with Crippen LogP contribution in [-0.4, -0.2) is 31.7 Å². The molecule has 1 aliphatic rings. The van der Waals surface area contributed by atoms with Gasteiger partial charge in [-0.05, 0) is 0 Å². The average Bonchev–Trinajstić information content (AvgIpc) is 2.51. The van der Waals surface area contributed by atoms with E-state index in [1.54, 1.807) is 7.11 Å². The molecule has 0 spiro atoms. The van der Waals surface area contributed by atoms with Crippen LogP contribution in [0.1, 0.15) is 43.5 Å². The summed E-state index contributed by atoms with van der Waals surface area (Å²) in [5, 5.41) is 0. The Kier molecular flexibility index (Phi) is 6.74. The molecule has 0 aliphatic carbocycles. The number of methoxy groups -OCH3 is 1. The molecule has 19 heavy (non-hydrogen) atoms. The molecule has 1 aromatic carbocycles. The van der Waals surface area contributed by atoms with E-state index in [9.17, 15) is 4.79 Å². The van der Waals surface area contributed by atoms with Gasteiger partial charge in [-0.15, -0.1) is 0 Å². The van der Waals surface area contributed by atoms with Crippen LogP contribution in [0.2, 0.25) is 0 Å². The van der Waals surface area contributed by atoms with E-state index in [0.29, 0.717) is 19.6 Å². The second-order valence-corrected chi connectivity index (χ2v) is 4.47. The molecule has 0 bridgehead atoms. The summed E-state index contributed by atoms with van der Waals surface area (Å²) >= 11 is 0. The molecule has 0 amide bonds. The fraction of sp³-hybridized carbons (Fsp3) is 0.562. The quantitative estimate of drug-likeness (QED) is 0.781. The summed E-state index contributed by atoms with van der Waals surface area (Å²) in [6.07, 6.45) is 2.03. The predicted octanol–water partition coefficient (Wildman–Crippen LogP) is 3.48. The Morgan fingerprint density at radius 1 is 1.21 bits per heavy atom. The van der Waals surface area contributed by atoms with E-state index in [1.165, 1.54) is 0 Å². The van der Waals surface area contributed by atoms with Gasteiger partial charge in [-0.25, -0.2) is 0 Å². The maximum absolute atomic E-state index is 12.2. The van der Waals surface area contributed by atoms with Crippen LogP contribution in [0.15, 0.2) is 30.3 Å². The first-order valence-electron chi connectivity index (χ1n) is 6.97. The average molecular weight is 264 g/mol. The van der Waals surface area contributed by atoms with Crippen LogP contribution in [0.4, 0.5) is 0 Å². The number of hydrogen-bond donors (Lipinski definition) is 0. The predicted molar refractivity (Wildman–Crippen MR) is 76.5 cm³/mol. The zero-order valence-electron chi connectivity index (χ0n) is 12.1. The molecule has 0 aromatic heterocycles. The lowest BCUT2D eigenvalue weighted by molar-refractivity contribution is -0.0881. The van der Waals surface area contributed by atoms with E-state index >= 15 is 0 Å². The minimum Gasteiger partial charge on any atom is -0.381 e. The molecular formula is C16H24O3. The highest BCUT2D eigenvalue weighted by Gasteiger charge is 2.34. The number of ether oxygens (including phenoxy) is 2. The minimum atomic E-state index is -0.328. The van der Waals surface area contributed by atoms with Crippen LogP contribution in [0.5, 0.6) is 0 Å². The lowest BCUT2D eigenvalue weighted by atomic mass is 9.87. The van der Waals surface area contributed by atoms with Gasteiger partial charge >= 0.3 is 0 Å². The lowest BCUT2D eigenvalue weighted by Gasteiger charge is -2.35. The van der Waals surface area contributed by atoms with E-state index in [4.69, 9.17) is 9.47 Å². The van der Waals surface area contributed by atoms with Gasteiger partial charge in [0.2, 0.25) is 0 Å². The Bertz CT molecular complexity index is 367. The summed E-state index contributed by atoms with van der Waals surface area (Å²) in [6.45, 7) is 5.35. The second-order valence-electron chi connectivity index (χ2n) is 4.47. The van der Waals surface area contributed by atoms with Crippen LogP contribution in [0.3, 0.4) is 0 Å². The number of rotatable bonds is 4. The van der Waals surface area contributed by atoms with Gasteiger partial charge in [-0.3, -0.25) is 4.79 Å². The van der Waals surface area contributed by atoms with E-state index in [1.807, 2.05) is 44.2 Å². The highest BCUT2D eigenvalue weighted by atomic mass is 16.5. The van der Waals surface area contributed by atoms with Crippen molar-refractivity contribution < 1.29 is 14.3 Å². The van der Waals surface area contributed by atoms with E-state index in [0.717, 1.165) is 18.4 Å². The van der Waals surface area contributed by atoms with Crippen molar-refractivity contribution >= 4 is 5.78 Å². The Balaban J connectivity index is 0.000000861. The number of carbonyl (C=O) groups excluding carboxylic acids is 1. The fourth-order valence-corrected chi connectivity index (χ4v) is 2.22. The second kappa shape index (κ2) is 8.08. The molecule has 3 nitrogen and oxygen atoms in total. The molecule has 1 heterocycles. The minimum absolute atomic E-state index is 0.148. The van der Waals surface area contributed by atoms with Crippen molar-refractivity contribution in [2.75, 3.05) is 20.3 Å². The molecular weight excluding hydrogens is 240 g/mol. The Morgan fingerprint density at radius 3 is 2.32 bits per heavy atom. The summed E-state index contributed by atoms with van der Waals surface area (Å²) in [6, 6.07) is 9.39. The standard InChI is InChI=1S/C14H18O3.C2H6/c1-16-14(7-9-17-10-8-14)11-13(15)12-5-3-2-4-6-12;1-2/h2-6H,7-11H2,1H3;1-2H3. The van der Waals surface area contributed by atoms with Crippen molar-refractivity contribution in [1.82, 2.24) is 0 Å². The molecule has 1 aliphatic heterocycles. The molecule has 0 unspecified atom stereocenters. The molecule has 3 heteroatoms. The van der Waals surface area contributed by atoms with Gasteiger partial charge in [0.15, 0.2) is 5.78 Å². The fourth-order valence-electron chi connectivity index (χ4n) is 2.22. The van der Waals surface area contributed by atoms with Gasteiger partial charge in [-0.1, -0.05) is 44.2 Å². The zero-order chi connectivity index (χ0) is 14.1. The van der Waals surface area contributed by atoms with Crippen molar-refractivity contribution in [3.8, 4) is 0 Å². The third-order valence-corrected chi connectivity index (χ3v) is 3.42. The SMILES string of the molecule is CC.COC1(CC(=O)c2ccccc2)CCOCC1. The number of carbonyl (C=O) groups is 1. The topological polar surface area (TPSA) is 35.5 Å². The normalized spacial score (nSPS) is 17.2. The Hall–Kier alpha value is -1.19. The summed E-state index contributed by atoms with van der Waals surface area (Å²) in [5.74, 6) is 0.148. The van der Waals surface area contributed by atoms with E-state index < -0.39 is 0 Å². The molecule has 1 aromatic rings. The first kappa shape index (κ1) is 15.9. The number of Topliss-reactive ketones (excluding diaryl/α,β-unsaturated/α-hetero) is 1. The van der Waals surface area contributed by atoms with Crippen molar-refractivity contribution in [3.05, 3.63) is 35.9 Å². The lowest BCUT2D eigenvalue weighted by Crippen LogP contribution is -2.40. The molecule has 2 rings (SSSR count). The largest absolute Gasteiger partial charge is 0.381 e. The molecule has 1 saturated heterocycles. The van der Waals surface area contributed by atoms with Crippen molar-refractivity contribution in [2.24, 2.45) is 0 Å². The first-order valence-corrected chi connectivity index (χ1v) is 6.97. The monoisotopic (exact) mass is 264 g/mol. The molecule has 0 atom stereocenters. The highest BCUT2D eigenvalue weighted by Crippen LogP contribution is 2.29. The van der Waals surface area contributed by atoms with Gasteiger partial charge in [0.05, 0.1) is 5.60 Å². The maximum Gasteiger partial charge on any atom is 0.165 e. The van der Waals surface area contributed by atoms with Gasteiger partial charge in [0, 0.05) is 45.1 Å². The van der Waals surface area contributed by atoms with Crippen LogP contribution >= 0.6 is 0 Å². The van der Waals surface area contributed by atoms with Gasteiger partial charge < -0.3 is 9.47 Å². The van der Waals surface area contributed by atoms with Gasteiger partial charge in [-0.2, -0.15) is 0 Å². The first-order chi connectivity index (χ1) is 9.26. The zero-order valence-corrected chi connectivity index (χ0v) is 12.1. The van der Waals surface area contributed by atoms with E-state index in [-0.39, 0.29) is 11.4 Å². The van der Waals surface area contributed by atoms with Crippen LogP contribution < -0.4 is 0 Å². The number of hydrogen-bond acceptors (Lipinski definition) is 3. The summed E-state index contributed by atoms with van der Waals surface area (Å²) in [4.78, 5) is 12.2. The summed E-state index contributed by atoms with van der Waals surface area (Å²) in [5.41, 5.74) is 0.431. The van der Waals surface area contributed by atoms with Crippen LogP contribution in [-0.2, 0) is 9.47 Å². The van der Waals surface area contributed by atoms with Crippen molar-refractivity contribution in [2.45, 2.75) is 38.7 Å². The Labute approximate surface area is 115 Å². The third kappa shape index (κ3) is 4.44. The van der Waals surface area contributed by atoms with Crippen molar-refractivity contribution in [1.29, 1.82) is 0 Å². The summed E-state index contributed by atoms with van der Waals surface area (Å²) < 4.78 is 10.9. The summed E-state index contributed by atoms with van der Waals surface area (Å²) in [7, 11) is 1.68. The smallest absolute Gasteiger partial charge is 0.165 e. The number of benzene rings is 1. The van der Waals surface area contributed by atoms with E-state index in [2.05, 4.69) is 0 Å². The van der Waals surface area contributed by atoms with Crippen LogP contribution in [0.25, 0.3) is 0 Å². The maximum atomic E-state index is 12.2. The molecule has 0 N–H and O–H groups in total. The van der Waals surface area contributed by atoms with Crippen molar-refractivity contribution in [3.63, 3.8) is 0 Å². The third-order valence-electron chi connectivity index (χ3n) is 3.42. The van der Waals surface area contributed by atoms with Gasteiger partial charge in [0.25, 0.3) is 0 Å². The number of ketones is 1. The van der Waals surface area contributed by atoms with Gasteiger partial charge in [0.1, 0.15) is 0 Å². The molecule has 0 radical (unpaired) electrons. The Morgan fingerprint density at radius 2 is 1.79 bits per heavy atom. The van der Waals surface area contributed by atoms with Crippen LogP contribution in [0, 0.1) is 0 Å². The molecule has 0 saturated carbocycles. The highest BCUT2D eigenvalue weighted by molar-refractivity contribution is 5.96. The molecule has 1 fully saturated rings.